The highest BCUT2D eigenvalue weighted by molar-refractivity contribution is 8.14. The van der Waals surface area contributed by atoms with Crippen LogP contribution < -0.4 is 42.2 Å². The second-order valence-corrected chi connectivity index (χ2v) is 14.6. The Morgan fingerprint density at radius 3 is 1.44 bits per heavy atom. The molecule has 2 aliphatic rings. The third-order valence-electron chi connectivity index (χ3n) is 8.54. The van der Waals surface area contributed by atoms with Crippen LogP contribution in [0.15, 0.2) is 105 Å². The quantitative estimate of drug-likeness (QED) is 0.0971. The van der Waals surface area contributed by atoms with Crippen LogP contribution in [-0.2, 0) is 16.0 Å². The summed E-state index contributed by atoms with van der Waals surface area (Å²) in [4.78, 5) is 43.7. The number of amides is 2. The van der Waals surface area contributed by atoms with E-state index in [1.54, 1.807) is 36.4 Å². The van der Waals surface area contributed by atoms with Gasteiger partial charge in [-0.1, -0.05) is 59.9 Å². The number of ether oxygens (including phenoxy) is 2. The van der Waals surface area contributed by atoms with Gasteiger partial charge in [0.15, 0.2) is 34.6 Å². The molecule has 0 radical (unpaired) electrons. The van der Waals surface area contributed by atoms with Crippen molar-refractivity contribution in [3.8, 4) is 23.6 Å². The Hall–Kier alpha value is -7.02. The van der Waals surface area contributed by atoms with Crippen LogP contribution in [-0.4, -0.2) is 58.8 Å². The van der Waals surface area contributed by atoms with Gasteiger partial charge in [0.2, 0.25) is 11.8 Å². The maximum atomic E-state index is 12.9. The summed E-state index contributed by atoms with van der Waals surface area (Å²) in [6.45, 7) is 4.94. The Balaban J connectivity index is 1.01. The zero-order valence-corrected chi connectivity index (χ0v) is 33.7. The van der Waals surface area contributed by atoms with E-state index in [1.165, 1.54) is 23.5 Å². The number of nitrogens with one attached hydrogen (secondary N) is 4. The predicted octanol–water partition coefficient (Wildman–Crippen LogP) is 5.11. The molecule has 6 rings (SSSR count). The summed E-state index contributed by atoms with van der Waals surface area (Å²) < 4.78 is 11.0. The minimum absolute atomic E-state index is 0.0199. The van der Waals surface area contributed by atoms with Crippen molar-refractivity contribution in [1.29, 1.82) is 10.5 Å². The van der Waals surface area contributed by atoms with Gasteiger partial charge in [-0.05, 0) is 84.6 Å². The molecule has 0 aromatic heterocycles. The molecule has 0 spiro atoms. The maximum absolute atomic E-state index is 12.9. The number of nitrogens with zero attached hydrogens (tertiary/aromatic N) is 6. The number of hydrogen-bond acceptors (Lipinski definition) is 16. The molecule has 18 heteroatoms. The van der Waals surface area contributed by atoms with E-state index in [4.69, 9.17) is 20.9 Å². The molecular weight excluding hydrogens is 789 g/mol. The molecule has 0 saturated heterocycles. The number of benzene rings is 4. The average molecular weight is 829 g/mol. The van der Waals surface area contributed by atoms with Gasteiger partial charge in [0.1, 0.15) is 11.5 Å². The lowest BCUT2D eigenvalue weighted by atomic mass is 9.96. The molecule has 16 nitrogen and oxygen atoms in total. The number of nitriles is 2. The highest BCUT2D eigenvalue weighted by Crippen LogP contribution is 2.28. The van der Waals surface area contributed by atoms with E-state index >= 15 is 0 Å². The fourth-order valence-corrected chi connectivity index (χ4v) is 7.22. The van der Waals surface area contributed by atoms with Crippen molar-refractivity contribution in [1.82, 2.24) is 10.6 Å². The van der Waals surface area contributed by atoms with Crippen LogP contribution in [0.4, 0.5) is 11.4 Å². The van der Waals surface area contributed by atoms with Gasteiger partial charge in [-0.2, -0.15) is 10.5 Å². The number of carbonyl (C=O) groups is 2. The zero-order chi connectivity index (χ0) is 41.7. The summed E-state index contributed by atoms with van der Waals surface area (Å²) in [7, 11) is 0. The Morgan fingerprint density at radius 2 is 1.07 bits per heavy atom. The van der Waals surface area contributed by atoms with E-state index in [2.05, 4.69) is 53.4 Å². The minimum Gasteiger partial charge on any atom is -0.494 e. The van der Waals surface area contributed by atoms with Gasteiger partial charge in [-0.25, -0.2) is 20.0 Å². The molecular formula is C41H40N12O4S2. The van der Waals surface area contributed by atoms with Crippen LogP contribution in [0.1, 0.15) is 59.6 Å². The van der Waals surface area contributed by atoms with Crippen LogP contribution >= 0.6 is 23.5 Å². The molecule has 4 aromatic carbocycles. The highest BCUT2D eigenvalue weighted by Gasteiger charge is 2.20. The van der Waals surface area contributed by atoms with E-state index in [1.807, 2.05) is 62.4 Å². The molecule has 300 valence electrons. The number of carbonyl (C=O) groups excluding carboxylic acids is 2. The fourth-order valence-electron chi connectivity index (χ4n) is 5.83. The van der Waals surface area contributed by atoms with Crippen LogP contribution in [0.3, 0.4) is 0 Å². The maximum Gasteiger partial charge on any atom is 0.234 e. The van der Waals surface area contributed by atoms with Crippen molar-refractivity contribution >= 4 is 69.0 Å². The van der Waals surface area contributed by atoms with E-state index in [0.29, 0.717) is 57.2 Å². The molecule has 0 fully saturated rings. The van der Waals surface area contributed by atoms with Gasteiger partial charge in [0.25, 0.3) is 0 Å². The number of thioether (sulfide) groups is 2. The first-order chi connectivity index (χ1) is 28.6. The van der Waals surface area contributed by atoms with Gasteiger partial charge in [-0.15, -0.1) is 0 Å². The summed E-state index contributed by atoms with van der Waals surface area (Å²) in [5.41, 5.74) is 16.5. The van der Waals surface area contributed by atoms with Crippen molar-refractivity contribution in [3.63, 3.8) is 0 Å². The third kappa shape index (κ3) is 11.5. The molecule has 0 unspecified atom stereocenters. The van der Waals surface area contributed by atoms with E-state index in [0.717, 1.165) is 22.6 Å². The fraction of sp³-hybridized carbons (Fsp3) is 0.220. The van der Waals surface area contributed by atoms with Gasteiger partial charge in [0, 0.05) is 17.8 Å². The standard InChI is InChI=1S/C41H40N12O4S2/c1-3-56-32-13-7-24(8-14-32)36-48-38(44)52-40(50-36)58-22-34(54)46-30-11-5-26(28(18-30)20-42)17-27-6-12-31(19-29(27)21-43)47-35(55)23-59-41-51-37(49-39(45)53-41)25-9-15-33(16-10-25)57-4-2/h5-16,18-19,36-37H,3-4,17,22-23H2,1-2H3,(H,46,54)(H,47,55)(H3,44,48,50,52)(H3,45,49,51,53)/t36-,37+. The van der Waals surface area contributed by atoms with E-state index in [-0.39, 0.29) is 41.7 Å². The van der Waals surface area contributed by atoms with E-state index in [9.17, 15) is 20.1 Å². The molecule has 59 heavy (non-hydrogen) atoms. The summed E-state index contributed by atoms with van der Waals surface area (Å²) in [6.07, 6.45) is -0.856. The van der Waals surface area contributed by atoms with Crippen molar-refractivity contribution in [2.24, 2.45) is 31.4 Å². The summed E-state index contributed by atoms with van der Waals surface area (Å²) in [5, 5.41) is 32.3. The van der Waals surface area contributed by atoms with Crippen LogP contribution in [0, 0.1) is 22.7 Å². The molecule has 2 heterocycles. The normalized spacial score (nSPS) is 15.7. The van der Waals surface area contributed by atoms with Crippen LogP contribution in [0.25, 0.3) is 0 Å². The van der Waals surface area contributed by atoms with Crippen molar-refractivity contribution in [2.75, 3.05) is 35.4 Å². The minimum atomic E-state index is -0.564. The summed E-state index contributed by atoms with van der Waals surface area (Å²) >= 11 is 2.34. The Labute approximate surface area is 349 Å². The number of hydrogen-bond donors (Lipinski definition) is 6. The molecule has 4 aromatic rings. The van der Waals surface area contributed by atoms with Crippen molar-refractivity contribution in [3.05, 3.63) is 118 Å². The molecule has 2 atom stereocenters. The van der Waals surface area contributed by atoms with Gasteiger partial charge >= 0.3 is 0 Å². The lowest BCUT2D eigenvalue weighted by Gasteiger charge is -2.19. The summed E-state index contributed by atoms with van der Waals surface area (Å²) in [6, 6.07) is 29.2. The first kappa shape index (κ1) is 41.6. The van der Waals surface area contributed by atoms with Gasteiger partial charge < -0.3 is 42.2 Å². The molecule has 0 bridgehead atoms. The lowest BCUT2D eigenvalue weighted by Crippen LogP contribution is -2.39. The molecule has 8 N–H and O–H groups in total. The first-order valence-corrected chi connectivity index (χ1v) is 20.3. The number of aliphatic imine (C=N–C) groups is 4. The topological polar surface area (TPSA) is 250 Å². The molecule has 2 aliphatic heterocycles. The number of rotatable bonds is 14. The average Bonchev–Trinajstić information content (AvgIpc) is 3.23. The SMILES string of the molecule is CCOc1ccc([C@@H]2N=C(N)NC(SCC(=O)Nc3ccc(Cc4ccc(NC(=O)CSC5=N[C@@H](c6ccc(OCC)cc6)N=C(N)N5)cc4C#N)c(C#N)c3)=N2)cc1. The van der Waals surface area contributed by atoms with Crippen molar-refractivity contribution < 1.29 is 19.1 Å². The number of amidine groups is 2. The lowest BCUT2D eigenvalue weighted by molar-refractivity contribution is -0.114. The number of guanidine groups is 2. The highest BCUT2D eigenvalue weighted by atomic mass is 32.2. The first-order valence-electron chi connectivity index (χ1n) is 18.4. The summed E-state index contributed by atoms with van der Waals surface area (Å²) in [5.74, 6) is 1.26. The van der Waals surface area contributed by atoms with Crippen LogP contribution in [0.2, 0.25) is 0 Å². The third-order valence-corrected chi connectivity index (χ3v) is 10.3. The Kier molecular flexibility index (Phi) is 14.0. The van der Waals surface area contributed by atoms with Crippen LogP contribution in [0.5, 0.6) is 11.5 Å². The smallest absolute Gasteiger partial charge is 0.234 e. The molecule has 2 amide bonds. The molecule has 0 aliphatic carbocycles. The van der Waals surface area contributed by atoms with Gasteiger partial charge in [0.05, 0.1) is 48.0 Å². The Bertz CT molecular complexity index is 2240. The van der Waals surface area contributed by atoms with Gasteiger partial charge in [-0.3, -0.25) is 9.59 Å². The largest absolute Gasteiger partial charge is 0.494 e. The zero-order valence-electron chi connectivity index (χ0n) is 32.1. The number of nitrogens with two attached hydrogens (primary N) is 2. The number of anilines is 2. The second kappa shape index (κ2) is 19.9. The Morgan fingerprint density at radius 1 is 0.661 bits per heavy atom. The van der Waals surface area contributed by atoms with Crippen molar-refractivity contribution in [2.45, 2.75) is 32.6 Å². The molecule has 0 saturated carbocycles. The van der Waals surface area contributed by atoms with E-state index < -0.39 is 12.3 Å². The predicted molar refractivity (Wildman–Crippen MR) is 232 cm³/mol. The monoisotopic (exact) mass is 828 g/mol. The second-order valence-electron chi connectivity index (χ2n) is 12.7.